The van der Waals surface area contributed by atoms with Gasteiger partial charge in [-0.15, -0.1) is 11.8 Å². The Balaban J connectivity index is 1.65. The minimum Gasteiger partial charge on any atom is -0.454 e. The average molecular weight is 481 g/mol. The summed E-state index contributed by atoms with van der Waals surface area (Å²) < 4.78 is 43.3. The summed E-state index contributed by atoms with van der Waals surface area (Å²) in [6.07, 6.45) is -4.06. The maximum Gasteiger partial charge on any atom is 0.417 e. The molecule has 0 fully saturated rings. The van der Waals surface area contributed by atoms with Gasteiger partial charge in [0.15, 0.2) is 12.4 Å². The number of alkyl halides is 3. The molecule has 0 radical (unpaired) electrons. The summed E-state index contributed by atoms with van der Waals surface area (Å²) in [6, 6.07) is 18.8. The number of rotatable bonds is 7. The van der Waals surface area contributed by atoms with E-state index >= 15 is 0 Å². The minimum absolute atomic E-state index is 0.265. The molecule has 0 spiro atoms. The molecule has 0 saturated carbocycles. The maximum atomic E-state index is 12.7. The summed E-state index contributed by atoms with van der Waals surface area (Å²) in [7, 11) is 0. The summed E-state index contributed by atoms with van der Waals surface area (Å²) in [5.41, 5.74) is -0.352. The number of thioether (sulfide) groups is 1. The van der Waals surface area contributed by atoms with Gasteiger partial charge in [0.05, 0.1) is 10.6 Å². The van der Waals surface area contributed by atoms with E-state index < -0.39 is 35.5 Å². The Morgan fingerprint density at radius 3 is 2.28 bits per heavy atom. The van der Waals surface area contributed by atoms with E-state index in [9.17, 15) is 22.8 Å². The first-order valence-corrected chi connectivity index (χ1v) is 10.5. The number of halogens is 4. The number of nitrogens with zero attached hydrogens (tertiary/aromatic N) is 1. The molecule has 0 aliphatic heterocycles. The number of benzene rings is 2. The third kappa shape index (κ3) is 6.48. The van der Waals surface area contributed by atoms with E-state index in [1.54, 1.807) is 24.3 Å². The Labute approximate surface area is 190 Å². The van der Waals surface area contributed by atoms with Crippen LogP contribution >= 0.6 is 23.4 Å². The molecule has 1 N–H and O–H groups in total. The van der Waals surface area contributed by atoms with Crippen molar-refractivity contribution in [2.75, 3.05) is 11.9 Å². The number of carbonyl (C=O) groups excluding carboxylic acids is 2. The maximum absolute atomic E-state index is 12.7. The number of esters is 1. The standard InChI is InChI=1S/C22H16ClF3N2O3S/c23-17-11-15(22(24,25)26)12-27-20(17)28-18(29)13-31-21(30)19(14-7-3-1-4-8-14)32-16-9-5-2-6-10-16/h1-12,19H,13H2,(H,27,28,29)/t19-/m1/s1. The Morgan fingerprint density at radius 1 is 1.06 bits per heavy atom. The van der Waals surface area contributed by atoms with Gasteiger partial charge in [0, 0.05) is 11.1 Å². The van der Waals surface area contributed by atoms with Gasteiger partial charge < -0.3 is 10.1 Å². The lowest BCUT2D eigenvalue weighted by Gasteiger charge is -2.16. The van der Waals surface area contributed by atoms with Gasteiger partial charge in [0.2, 0.25) is 0 Å². The number of aromatic nitrogens is 1. The smallest absolute Gasteiger partial charge is 0.417 e. The molecule has 1 amide bonds. The zero-order valence-electron chi connectivity index (χ0n) is 16.3. The van der Waals surface area contributed by atoms with Crippen molar-refractivity contribution in [3.63, 3.8) is 0 Å². The number of carbonyl (C=O) groups is 2. The lowest BCUT2D eigenvalue weighted by Crippen LogP contribution is -2.23. The van der Waals surface area contributed by atoms with E-state index in [1.807, 2.05) is 36.4 Å². The van der Waals surface area contributed by atoms with Crippen molar-refractivity contribution in [2.24, 2.45) is 0 Å². The molecule has 1 heterocycles. The summed E-state index contributed by atoms with van der Waals surface area (Å²) in [5, 5.41) is 1.13. The van der Waals surface area contributed by atoms with Crippen LogP contribution in [0.3, 0.4) is 0 Å². The molecule has 0 unspecified atom stereocenters. The number of nitrogens with one attached hydrogen (secondary N) is 1. The first-order chi connectivity index (χ1) is 15.2. The lowest BCUT2D eigenvalue weighted by molar-refractivity contribution is -0.146. The highest BCUT2D eigenvalue weighted by Crippen LogP contribution is 2.36. The van der Waals surface area contributed by atoms with Gasteiger partial charge in [-0.2, -0.15) is 13.2 Å². The fraction of sp³-hybridized carbons (Fsp3) is 0.136. The SMILES string of the molecule is O=C(COC(=O)[C@H](Sc1ccccc1)c1ccccc1)Nc1ncc(C(F)(F)F)cc1Cl. The van der Waals surface area contributed by atoms with E-state index in [0.717, 1.165) is 4.90 Å². The molecule has 32 heavy (non-hydrogen) atoms. The minimum atomic E-state index is -4.61. The molecule has 1 aromatic heterocycles. The largest absolute Gasteiger partial charge is 0.454 e. The Hall–Kier alpha value is -3.04. The molecule has 3 aromatic rings. The molecule has 5 nitrogen and oxygen atoms in total. The van der Waals surface area contributed by atoms with Crippen molar-refractivity contribution in [1.82, 2.24) is 4.98 Å². The first-order valence-electron chi connectivity index (χ1n) is 9.20. The lowest BCUT2D eigenvalue weighted by atomic mass is 10.1. The quantitative estimate of drug-likeness (QED) is 0.343. The van der Waals surface area contributed by atoms with Gasteiger partial charge in [0.25, 0.3) is 5.91 Å². The van der Waals surface area contributed by atoms with Crippen LogP contribution in [0.5, 0.6) is 0 Å². The van der Waals surface area contributed by atoms with Crippen molar-refractivity contribution in [2.45, 2.75) is 16.3 Å². The van der Waals surface area contributed by atoms with Crippen LogP contribution < -0.4 is 5.32 Å². The third-order valence-corrected chi connectivity index (χ3v) is 5.62. The second-order valence-electron chi connectivity index (χ2n) is 6.43. The first kappa shape index (κ1) is 23.6. The highest BCUT2D eigenvalue weighted by molar-refractivity contribution is 8.00. The van der Waals surface area contributed by atoms with Gasteiger partial charge >= 0.3 is 12.1 Å². The number of hydrogen-bond donors (Lipinski definition) is 1. The molecule has 1 atom stereocenters. The molecule has 0 aliphatic carbocycles. The Morgan fingerprint density at radius 2 is 1.69 bits per heavy atom. The number of ether oxygens (including phenoxy) is 1. The van der Waals surface area contributed by atoms with Crippen molar-refractivity contribution < 1.29 is 27.5 Å². The average Bonchev–Trinajstić information content (AvgIpc) is 2.78. The molecular formula is C22H16ClF3N2O3S. The molecule has 0 saturated heterocycles. The zero-order chi connectivity index (χ0) is 23.1. The Kier molecular flexibility index (Phi) is 7.76. The topological polar surface area (TPSA) is 68.3 Å². The number of pyridine rings is 1. The van der Waals surface area contributed by atoms with Crippen molar-refractivity contribution in [3.05, 3.63) is 89.1 Å². The summed E-state index contributed by atoms with van der Waals surface area (Å²) in [5.74, 6) is -1.70. The van der Waals surface area contributed by atoms with E-state index in [1.165, 1.54) is 11.8 Å². The van der Waals surface area contributed by atoms with Gasteiger partial charge in [-0.05, 0) is 23.8 Å². The van der Waals surface area contributed by atoms with E-state index in [4.69, 9.17) is 16.3 Å². The second-order valence-corrected chi connectivity index (χ2v) is 8.02. The van der Waals surface area contributed by atoms with Crippen molar-refractivity contribution >= 4 is 41.1 Å². The molecule has 2 aromatic carbocycles. The fourth-order valence-corrected chi connectivity index (χ4v) is 3.84. The van der Waals surface area contributed by atoms with Crippen LogP contribution in [0, 0.1) is 0 Å². The fourth-order valence-electron chi connectivity index (χ4n) is 2.58. The van der Waals surface area contributed by atoms with Gasteiger partial charge in [-0.1, -0.05) is 60.1 Å². The van der Waals surface area contributed by atoms with Gasteiger partial charge in [-0.25, -0.2) is 4.98 Å². The van der Waals surface area contributed by atoms with Crippen LogP contribution in [0.15, 0.2) is 77.8 Å². The van der Waals surface area contributed by atoms with E-state index in [-0.39, 0.29) is 10.8 Å². The molecule has 0 aliphatic rings. The Bertz CT molecular complexity index is 1080. The van der Waals surface area contributed by atoms with E-state index in [2.05, 4.69) is 10.3 Å². The number of amides is 1. The van der Waals surface area contributed by atoms with Crippen LogP contribution in [0.1, 0.15) is 16.4 Å². The monoisotopic (exact) mass is 480 g/mol. The summed E-state index contributed by atoms with van der Waals surface area (Å²) in [4.78, 5) is 29.2. The number of hydrogen-bond acceptors (Lipinski definition) is 5. The normalized spacial score (nSPS) is 12.1. The van der Waals surface area contributed by atoms with Crippen molar-refractivity contribution in [3.8, 4) is 0 Å². The molecular weight excluding hydrogens is 465 g/mol. The van der Waals surface area contributed by atoms with Gasteiger partial charge in [-0.3, -0.25) is 9.59 Å². The summed E-state index contributed by atoms with van der Waals surface area (Å²) >= 11 is 7.04. The summed E-state index contributed by atoms with van der Waals surface area (Å²) in [6.45, 7) is -0.656. The molecule has 10 heteroatoms. The second kappa shape index (κ2) is 10.5. The third-order valence-electron chi connectivity index (χ3n) is 4.09. The van der Waals surface area contributed by atoms with Crippen LogP contribution in [0.25, 0.3) is 0 Å². The molecule has 166 valence electrons. The van der Waals surface area contributed by atoms with Crippen LogP contribution in [-0.4, -0.2) is 23.5 Å². The highest BCUT2D eigenvalue weighted by atomic mass is 35.5. The van der Waals surface area contributed by atoms with Crippen molar-refractivity contribution in [1.29, 1.82) is 0 Å². The van der Waals surface area contributed by atoms with Crippen LogP contribution in [0.4, 0.5) is 19.0 Å². The predicted molar refractivity (Wildman–Crippen MR) is 115 cm³/mol. The molecule has 0 bridgehead atoms. The zero-order valence-corrected chi connectivity index (χ0v) is 17.9. The van der Waals surface area contributed by atoms with E-state index in [0.29, 0.717) is 17.8 Å². The number of anilines is 1. The van der Waals surface area contributed by atoms with Crippen LogP contribution in [-0.2, 0) is 20.5 Å². The highest BCUT2D eigenvalue weighted by Gasteiger charge is 2.32. The predicted octanol–water partition coefficient (Wildman–Crippen LogP) is 5.77. The van der Waals surface area contributed by atoms with Gasteiger partial charge in [0.1, 0.15) is 5.25 Å². The van der Waals surface area contributed by atoms with Crippen LogP contribution in [0.2, 0.25) is 5.02 Å². The molecule has 3 rings (SSSR count).